The highest BCUT2D eigenvalue weighted by atomic mass is 16.4. The topological polar surface area (TPSA) is 165 Å². The summed E-state index contributed by atoms with van der Waals surface area (Å²) in [6, 6.07) is -0.820. The van der Waals surface area contributed by atoms with Crippen LogP contribution >= 0.6 is 0 Å². The molecule has 0 heterocycles. The van der Waals surface area contributed by atoms with E-state index in [1.165, 1.54) is 0 Å². The third kappa shape index (κ3) is 18.1. The Hall–Kier alpha value is -1.83. The molecule has 0 aromatic heterocycles. The van der Waals surface area contributed by atoms with Crippen molar-refractivity contribution in [2.24, 2.45) is 22.2 Å². The van der Waals surface area contributed by atoms with E-state index in [0.29, 0.717) is 19.4 Å². The van der Waals surface area contributed by atoms with E-state index in [-0.39, 0.29) is 5.96 Å². The second kappa shape index (κ2) is 9.71. The van der Waals surface area contributed by atoms with Crippen molar-refractivity contribution in [3.63, 3.8) is 0 Å². The first-order chi connectivity index (χ1) is 7.27. The van der Waals surface area contributed by atoms with E-state index < -0.39 is 18.0 Å². The maximum atomic E-state index is 10.2. The summed E-state index contributed by atoms with van der Waals surface area (Å²) in [6.45, 7) is 1.50. The molecule has 0 rings (SSSR count). The van der Waals surface area contributed by atoms with Crippen LogP contribution in [-0.2, 0) is 9.59 Å². The molecule has 0 spiro atoms. The molecule has 0 amide bonds. The van der Waals surface area contributed by atoms with E-state index >= 15 is 0 Å². The fourth-order valence-corrected chi connectivity index (χ4v) is 0.643. The van der Waals surface area contributed by atoms with Crippen LogP contribution in [0.2, 0.25) is 0 Å². The Balaban J connectivity index is 0. The maximum absolute atomic E-state index is 10.2. The molecule has 0 fully saturated rings. The minimum absolute atomic E-state index is 0.0129. The van der Waals surface area contributed by atoms with Crippen molar-refractivity contribution < 1.29 is 19.8 Å². The molecule has 0 aliphatic rings. The van der Waals surface area contributed by atoms with Crippen LogP contribution < -0.4 is 17.2 Å². The van der Waals surface area contributed by atoms with E-state index in [2.05, 4.69) is 4.99 Å². The summed E-state index contributed by atoms with van der Waals surface area (Å²) in [5, 5.41) is 15.8. The highest BCUT2D eigenvalue weighted by molar-refractivity contribution is 5.75. The fraction of sp³-hybridized carbons (Fsp3) is 0.625. The average molecular weight is 234 g/mol. The number of rotatable bonds is 5. The summed E-state index contributed by atoms with van der Waals surface area (Å²) in [6.07, 6.45) is 0.956. The molecule has 0 unspecified atom stereocenters. The maximum Gasteiger partial charge on any atom is 0.320 e. The number of carbonyl (C=O) groups is 2. The standard InChI is InChI=1S/C6H14N4O2.C2H4O2/c7-4(5(11)12)2-1-3-10-6(8)9;1-2(3)4/h4H,1-3,7H2,(H,11,12)(H4,8,9,10);1H3,(H,3,4)/t4-;/m0./s1. The van der Waals surface area contributed by atoms with Gasteiger partial charge in [-0.05, 0) is 12.8 Å². The van der Waals surface area contributed by atoms with Crippen LogP contribution in [0.15, 0.2) is 4.99 Å². The van der Waals surface area contributed by atoms with Gasteiger partial charge in [0.15, 0.2) is 5.96 Å². The number of hydrogen-bond acceptors (Lipinski definition) is 4. The lowest BCUT2D eigenvalue weighted by molar-refractivity contribution is -0.138. The molecule has 0 bridgehead atoms. The number of aliphatic imine (C=N–C) groups is 1. The molecule has 0 saturated heterocycles. The van der Waals surface area contributed by atoms with Crippen molar-refractivity contribution in [3.8, 4) is 0 Å². The lowest BCUT2D eigenvalue weighted by atomic mass is 10.2. The van der Waals surface area contributed by atoms with Gasteiger partial charge in [-0.15, -0.1) is 0 Å². The zero-order chi connectivity index (χ0) is 13.1. The van der Waals surface area contributed by atoms with Crippen molar-refractivity contribution >= 4 is 17.9 Å². The molecule has 0 aromatic rings. The predicted octanol–water partition coefficient (Wildman–Crippen LogP) is -1.46. The van der Waals surface area contributed by atoms with Crippen LogP contribution in [0.3, 0.4) is 0 Å². The smallest absolute Gasteiger partial charge is 0.320 e. The van der Waals surface area contributed by atoms with Crippen molar-refractivity contribution in [1.82, 2.24) is 0 Å². The Morgan fingerprint density at radius 3 is 2.06 bits per heavy atom. The van der Waals surface area contributed by atoms with E-state index in [1.54, 1.807) is 0 Å². The average Bonchev–Trinajstić information content (AvgIpc) is 2.10. The van der Waals surface area contributed by atoms with Gasteiger partial charge in [-0.25, -0.2) is 0 Å². The number of carboxylic acids is 2. The lowest BCUT2D eigenvalue weighted by Gasteiger charge is -2.03. The molecule has 0 aliphatic heterocycles. The van der Waals surface area contributed by atoms with Crippen LogP contribution in [0.5, 0.6) is 0 Å². The monoisotopic (exact) mass is 234 g/mol. The molecule has 16 heavy (non-hydrogen) atoms. The largest absolute Gasteiger partial charge is 0.481 e. The normalized spacial score (nSPS) is 10.6. The Morgan fingerprint density at radius 1 is 1.31 bits per heavy atom. The minimum Gasteiger partial charge on any atom is -0.481 e. The molecule has 0 saturated carbocycles. The molecular weight excluding hydrogens is 216 g/mol. The predicted molar refractivity (Wildman–Crippen MR) is 58.8 cm³/mol. The van der Waals surface area contributed by atoms with Crippen LogP contribution in [0.4, 0.5) is 0 Å². The van der Waals surface area contributed by atoms with Gasteiger partial charge in [-0.3, -0.25) is 14.6 Å². The number of aliphatic carboxylic acids is 2. The highest BCUT2D eigenvalue weighted by Gasteiger charge is 2.09. The second-order valence-corrected chi connectivity index (χ2v) is 2.91. The number of carboxylic acid groups (broad SMARTS) is 2. The number of nitrogens with two attached hydrogens (primary N) is 3. The van der Waals surface area contributed by atoms with Crippen LogP contribution in [-0.4, -0.2) is 40.7 Å². The van der Waals surface area contributed by atoms with Crippen LogP contribution in [0.1, 0.15) is 19.8 Å². The molecule has 0 aliphatic carbocycles. The van der Waals surface area contributed by atoms with Crippen molar-refractivity contribution in [1.29, 1.82) is 0 Å². The fourth-order valence-electron chi connectivity index (χ4n) is 0.643. The first-order valence-corrected chi connectivity index (χ1v) is 4.50. The Morgan fingerprint density at radius 2 is 1.75 bits per heavy atom. The van der Waals surface area contributed by atoms with Gasteiger partial charge in [0.1, 0.15) is 6.04 Å². The number of nitrogens with zero attached hydrogens (tertiary/aromatic N) is 1. The van der Waals surface area contributed by atoms with Crippen molar-refractivity contribution in [2.45, 2.75) is 25.8 Å². The zero-order valence-electron chi connectivity index (χ0n) is 9.09. The Bertz CT molecular complexity index is 246. The second-order valence-electron chi connectivity index (χ2n) is 2.91. The zero-order valence-corrected chi connectivity index (χ0v) is 9.09. The van der Waals surface area contributed by atoms with Gasteiger partial charge in [-0.2, -0.15) is 0 Å². The molecular formula is C8H18N4O4. The van der Waals surface area contributed by atoms with Gasteiger partial charge in [0.05, 0.1) is 0 Å². The summed E-state index contributed by atoms with van der Waals surface area (Å²) in [4.78, 5) is 22.9. The van der Waals surface area contributed by atoms with Gasteiger partial charge >= 0.3 is 5.97 Å². The summed E-state index contributed by atoms with van der Waals surface area (Å²) < 4.78 is 0. The van der Waals surface area contributed by atoms with Gasteiger partial charge in [0.25, 0.3) is 5.97 Å². The Kier molecular flexibility index (Phi) is 10.1. The highest BCUT2D eigenvalue weighted by Crippen LogP contribution is 1.94. The molecule has 0 aromatic carbocycles. The van der Waals surface area contributed by atoms with Crippen molar-refractivity contribution in [3.05, 3.63) is 0 Å². The SMILES string of the molecule is CC(=O)O.NC(N)=NCCC[C@H](N)C(=O)O. The molecule has 0 radical (unpaired) electrons. The first-order valence-electron chi connectivity index (χ1n) is 4.50. The third-order valence-corrected chi connectivity index (χ3v) is 1.28. The van der Waals surface area contributed by atoms with Gasteiger partial charge in [-0.1, -0.05) is 0 Å². The Labute approximate surface area is 93.1 Å². The van der Waals surface area contributed by atoms with Gasteiger partial charge in [0.2, 0.25) is 0 Å². The summed E-state index contributed by atoms with van der Waals surface area (Å²) >= 11 is 0. The number of guanidine groups is 1. The lowest BCUT2D eigenvalue weighted by Crippen LogP contribution is -2.30. The first kappa shape index (κ1) is 16.6. The molecule has 1 atom stereocenters. The van der Waals surface area contributed by atoms with E-state index in [9.17, 15) is 4.79 Å². The van der Waals surface area contributed by atoms with Crippen LogP contribution in [0, 0.1) is 0 Å². The van der Waals surface area contributed by atoms with Crippen molar-refractivity contribution in [2.75, 3.05) is 6.54 Å². The molecule has 94 valence electrons. The summed E-state index contributed by atoms with van der Waals surface area (Å²) in [5.41, 5.74) is 15.3. The quantitative estimate of drug-likeness (QED) is 0.220. The minimum atomic E-state index is -1.00. The molecule has 8 nitrogen and oxygen atoms in total. The van der Waals surface area contributed by atoms with E-state index in [1.807, 2.05) is 0 Å². The van der Waals surface area contributed by atoms with Gasteiger partial charge < -0.3 is 27.4 Å². The molecule has 8 N–H and O–H groups in total. The third-order valence-electron chi connectivity index (χ3n) is 1.28. The summed E-state index contributed by atoms with van der Waals surface area (Å²) in [5.74, 6) is -1.82. The van der Waals surface area contributed by atoms with E-state index in [4.69, 9.17) is 32.2 Å². The number of hydrogen-bond donors (Lipinski definition) is 5. The molecule has 8 heteroatoms. The van der Waals surface area contributed by atoms with Crippen LogP contribution in [0.25, 0.3) is 0 Å². The van der Waals surface area contributed by atoms with Gasteiger partial charge in [0, 0.05) is 13.5 Å². The summed E-state index contributed by atoms with van der Waals surface area (Å²) in [7, 11) is 0. The van der Waals surface area contributed by atoms with E-state index in [0.717, 1.165) is 6.92 Å².